The maximum Gasteiger partial charge on any atom is 0.323 e. The zero-order valence-corrected chi connectivity index (χ0v) is 8.19. The second kappa shape index (κ2) is 2.94. The lowest BCUT2D eigenvalue weighted by Crippen LogP contribution is -2.64. The van der Waals surface area contributed by atoms with Crippen LogP contribution in [0.25, 0.3) is 0 Å². The van der Waals surface area contributed by atoms with Crippen LogP contribution in [0.1, 0.15) is 12.8 Å². The number of hydrogen-bond donors (Lipinski definition) is 1. The summed E-state index contributed by atoms with van der Waals surface area (Å²) in [5, 5.41) is 0. The molecule has 0 amide bonds. The number of piperidine rings is 2. The van der Waals surface area contributed by atoms with Crippen LogP contribution in [0.3, 0.4) is 0 Å². The van der Waals surface area contributed by atoms with E-state index in [-0.39, 0.29) is 12.0 Å². The molecule has 2 N–H and O–H groups in total. The molecule has 4 fully saturated rings. The third-order valence-electron chi connectivity index (χ3n) is 3.98. The summed E-state index contributed by atoms with van der Waals surface area (Å²) in [5.74, 6) is 1.23. The van der Waals surface area contributed by atoms with E-state index in [0.29, 0.717) is 24.5 Å². The highest BCUT2D eigenvalue weighted by atomic mass is 16.5. The summed E-state index contributed by atoms with van der Waals surface area (Å²) < 4.78 is 4.98. The number of ether oxygens (including phenoxy) is 1. The number of rotatable bonds is 1. The van der Waals surface area contributed by atoms with E-state index in [9.17, 15) is 4.79 Å². The molecule has 1 saturated carbocycles. The molecule has 4 heteroatoms. The van der Waals surface area contributed by atoms with Gasteiger partial charge in [-0.3, -0.25) is 9.69 Å². The van der Waals surface area contributed by atoms with Crippen molar-refractivity contribution >= 4 is 5.97 Å². The van der Waals surface area contributed by atoms with Gasteiger partial charge in [0.05, 0.1) is 6.61 Å². The van der Waals surface area contributed by atoms with Gasteiger partial charge in [-0.05, 0) is 18.3 Å². The highest BCUT2D eigenvalue weighted by Crippen LogP contribution is 2.40. The standard InChI is InChI=1S/C10H16N2O2/c11-9-6-3-7(9)5-12(4-6)8-1-2-14-10(8)13/h6-9H,1-5,11H2. The Labute approximate surface area is 83.4 Å². The molecule has 1 aliphatic carbocycles. The Kier molecular flexibility index (Phi) is 1.82. The Morgan fingerprint density at radius 1 is 1.36 bits per heavy atom. The average molecular weight is 196 g/mol. The first-order valence-electron chi connectivity index (χ1n) is 5.42. The Hall–Kier alpha value is -0.610. The maximum atomic E-state index is 11.4. The molecule has 3 aliphatic heterocycles. The molecule has 4 nitrogen and oxygen atoms in total. The van der Waals surface area contributed by atoms with Gasteiger partial charge >= 0.3 is 5.97 Å². The fraction of sp³-hybridized carbons (Fsp3) is 0.900. The third kappa shape index (κ3) is 1.10. The fourth-order valence-corrected chi connectivity index (χ4v) is 3.03. The highest BCUT2D eigenvalue weighted by Gasteiger charge is 2.47. The van der Waals surface area contributed by atoms with Crippen molar-refractivity contribution in [1.82, 2.24) is 4.90 Å². The summed E-state index contributed by atoms with van der Waals surface area (Å²) in [6, 6.07) is 0.427. The average Bonchev–Trinajstić information content (AvgIpc) is 2.64. The van der Waals surface area contributed by atoms with Crippen LogP contribution in [0.2, 0.25) is 0 Å². The van der Waals surface area contributed by atoms with Gasteiger partial charge in [-0.2, -0.15) is 0 Å². The van der Waals surface area contributed by atoms with Gasteiger partial charge in [0.25, 0.3) is 0 Å². The normalized spacial score (nSPS) is 47.4. The third-order valence-corrected chi connectivity index (χ3v) is 3.98. The number of nitrogens with zero attached hydrogens (tertiary/aromatic N) is 1. The summed E-state index contributed by atoms with van der Waals surface area (Å²) in [7, 11) is 0. The molecule has 3 saturated heterocycles. The van der Waals surface area contributed by atoms with E-state index in [1.165, 1.54) is 6.42 Å². The van der Waals surface area contributed by atoms with Gasteiger partial charge in [0.15, 0.2) is 0 Å². The molecule has 0 aromatic carbocycles. The van der Waals surface area contributed by atoms with E-state index in [0.717, 1.165) is 19.5 Å². The lowest BCUT2D eigenvalue weighted by Gasteiger charge is -2.53. The van der Waals surface area contributed by atoms with Crippen molar-refractivity contribution in [2.45, 2.75) is 24.9 Å². The molecule has 3 atom stereocenters. The van der Waals surface area contributed by atoms with E-state index in [1.807, 2.05) is 0 Å². The molecule has 4 rings (SSSR count). The molecule has 4 aliphatic rings. The Bertz CT molecular complexity index is 257. The van der Waals surface area contributed by atoms with Gasteiger partial charge in [0.1, 0.15) is 6.04 Å². The molecular formula is C10H16N2O2. The first kappa shape index (κ1) is 8.68. The summed E-state index contributed by atoms with van der Waals surface area (Å²) in [6.45, 7) is 2.59. The molecule has 3 heterocycles. The summed E-state index contributed by atoms with van der Waals surface area (Å²) >= 11 is 0. The number of esters is 1. The lowest BCUT2D eigenvalue weighted by atomic mass is 9.66. The van der Waals surface area contributed by atoms with Crippen LogP contribution < -0.4 is 5.73 Å². The van der Waals surface area contributed by atoms with Gasteiger partial charge in [-0.25, -0.2) is 0 Å². The van der Waals surface area contributed by atoms with Gasteiger partial charge in [-0.1, -0.05) is 0 Å². The number of hydrogen-bond acceptors (Lipinski definition) is 4. The monoisotopic (exact) mass is 196 g/mol. The first-order chi connectivity index (χ1) is 6.75. The number of carbonyl (C=O) groups is 1. The van der Waals surface area contributed by atoms with Crippen molar-refractivity contribution in [2.24, 2.45) is 17.6 Å². The lowest BCUT2D eigenvalue weighted by molar-refractivity contribution is -0.144. The number of nitrogens with two attached hydrogens (primary N) is 1. The molecule has 3 unspecified atom stereocenters. The number of fused-ring (bicyclic) bond motifs is 2. The second-order valence-electron chi connectivity index (χ2n) is 4.76. The van der Waals surface area contributed by atoms with Crippen molar-refractivity contribution < 1.29 is 9.53 Å². The number of carbonyl (C=O) groups excluding carboxylic acids is 1. The molecule has 0 spiro atoms. The van der Waals surface area contributed by atoms with Crippen LogP contribution in [0.15, 0.2) is 0 Å². The van der Waals surface area contributed by atoms with Crippen LogP contribution in [0.4, 0.5) is 0 Å². The first-order valence-corrected chi connectivity index (χ1v) is 5.42. The van der Waals surface area contributed by atoms with Crippen LogP contribution in [0.5, 0.6) is 0 Å². The van der Waals surface area contributed by atoms with Gasteiger partial charge in [-0.15, -0.1) is 0 Å². The predicted octanol–water partition coefficient (Wildman–Crippen LogP) is -0.419. The number of cyclic esters (lactones) is 1. The minimum absolute atomic E-state index is 0.0279. The highest BCUT2D eigenvalue weighted by molar-refractivity contribution is 5.77. The van der Waals surface area contributed by atoms with Crippen molar-refractivity contribution in [3.63, 3.8) is 0 Å². The van der Waals surface area contributed by atoms with Crippen LogP contribution in [0, 0.1) is 11.8 Å². The van der Waals surface area contributed by atoms with E-state index in [4.69, 9.17) is 10.5 Å². The molecule has 2 bridgehead atoms. The van der Waals surface area contributed by atoms with Crippen LogP contribution in [-0.4, -0.2) is 42.6 Å². The zero-order chi connectivity index (χ0) is 9.71. The van der Waals surface area contributed by atoms with E-state index in [1.54, 1.807) is 0 Å². The largest absolute Gasteiger partial charge is 0.464 e. The smallest absolute Gasteiger partial charge is 0.323 e. The Morgan fingerprint density at radius 2 is 2.07 bits per heavy atom. The Morgan fingerprint density at radius 3 is 2.57 bits per heavy atom. The van der Waals surface area contributed by atoms with Crippen molar-refractivity contribution in [2.75, 3.05) is 19.7 Å². The van der Waals surface area contributed by atoms with Gasteiger partial charge < -0.3 is 10.5 Å². The van der Waals surface area contributed by atoms with Gasteiger partial charge in [0, 0.05) is 25.6 Å². The quantitative estimate of drug-likeness (QED) is 0.579. The Balaban J connectivity index is 1.68. The SMILES string of the molecule is NC1C2CC1CN(C1CCOC1=O)C2. The molecule has 78 valence electrons. The van der Waals surface area contributed by atoms with Gasteiger partial charge in [0.2, 0.25) is 0 Å². The minimum atomic E-state index is -0.0279. The molecule has 0 aromatic heterocycles. The summed E-state index contributed by atoms with van der Waals surface area (Å²) in [6.07, 6.45) is 2.13. The second-order valence-corrected chi connectivity index (χ2v) is 4.76. The summed E-state index contributed by atoms with van der Waals surface area (Å²) in [5.41, 5.74) is 5.98. The molecule has 14 heavy (non-hydrogen) atoms. The van der Waals surface area contributed by atoms with Crippen molar-refractivity contribution in [1.29, 1.82) is 0 Å². The fourth-order valence-electron chi connectivity index (χ4n) is 3.03. The molecule has 0 aromatic rings. The maximum absolute atomic E-state index is 11.4. The summed E-state index contributed by atoms with van der Waals surface area (Å²) in [4.78, 5) is 13.7. The van der Waals surface area contributed by atoms with E-state index in [2.05, 4.69) is 4.90 Å². The van der Waals surface area contributed by atoms with Crippen molar-refractivity contribution in [3.05, 3.63) is 0 Å². The minimum Gasteiger partial charge on any atom is -0.464 e. The predicted molar refractivity (Wildman–Crippen MR) is 50.5 cm³/mol. The topological polar surface area (TPSA) is 55.6 Å². The van der Waals surface area contributed by atoms with Crippen LogP contribution in [-0.2, 0) is 9.53 Å². The van der Waals surface area contributed by atoms with Crippen LogP contribution >= 0.6 is 0 Å². The zero-order valence-electron chi connectivity index (χ0n) is 8.19. The molecular weight excluding hydrogens is 180 g/mol. The van der Waals surface area contributed by atoms with E-state index >= 15 is 0 Å². The van der Waals surface area contributed by atoms with E-state index < -0.39 is 0 Å². The molecule has 0 radical (unpaired) electrons. The van der Waals surface area contributed by atoms with Crippen molar-refractivity contribution in [3.8, 4) is 0 Å².